The Morgan fingerprint density at radius 1 is 1.12 bits per heavy atom. The first-order valence-electron chi connectivity index (χ1n) is 6.57. The van der Waals surface area contributed by atoms with Crippen LogP contribution in [0.15, 0.2) is 0 Å². The zero-order chi connectivity index (χ0) is 12.6. The van der Waals surface area contributed by atoms with E-state index in [4.69, 9.17) is 5.73 Å². The minimum Gasteiger partial charge on any atom is -0.368 e. The molecule has 0 spiro atoms. The van der Waals surface area contributed by atoms with Crippen LogP contribution in [0.1, 0.15) is 53.4 Å². The molecule has 0 aromatic rings. The first-order chi connectivity index (χ1) is 7.54. The summed E-state index contributed by atoms with van der Waals surface area (Å²) in [6, 6.07) is -0.0990. The molecule has 1 atom stereocenters. The average Bonchev–Trinajstić information content (AvgIpc) is 2.20. The summed E-state index contributed by atoms with van der Waals surface area (Å²) in [6.45, 7) is 10.5. The molecule has 1 amide bonds. The van der Waals surface area contributed by atoms with Gasteiger partial charge in [0.05, 0.1) is 6.04 Å². The maximum absolute atomic E-state index is 11.5. The van der Waals surface area contributed by atoms with Crippen molar-refractivity contribution in [3.8, 4) is 0 Å². The largest absolute Gasteiger partial charge is 0.368 e. The highest BCUT2D eigenvalue weighted by atomic mass is 16.1. The average molecular weight is 228 g/mol. The highest BCUT2D eigenvalue weighted by Crippen LogP contribution is 2.13. The maximum Gasteiger partial charge on any atom is 0.235 e. The second kappa shape index (κ2) is 8.57. The van der Waals surface area contributed by atoms with Crippen LogP contribution >= 0.6 is 0 Å². The van der Waals surface area contributed by atoms with E-state index in [2.05, 4.69) is 32.6 Å². The lowest BCUT2D eigenvalue weighted by molar-refractivity contribution is -0.124. The number of primary amides is 1. The van der Waals surface area contributed by atoms with Gasteiger partial charge in [0, 0.05) is 0 Å². The summed E-state index contributed by atoms with van der Waals surface area (Å²) < 4.78 is 0. The minimum atomic E-state index is -0.179. The maximum atomic E-state index is 11.5. The molecule has 0 bridgehead atoms. The highest BCUT2D eigenvalue weighted by Gasteiger charge is 2.25. The summed E-state index contributed by atoms with van der Waals surface area (Å²) in [5, 5.41) is 0. The molecular weight excluding hydrogens is 200 g/mol. The van der Waals surface area contributed by atoms with Gasteiger partial charge in [-0.25, -0.2) is 0 Å². The molecule has 0 heterocycles. The molecule has 16 heavy (non-hydrogen) atoms. The molecule has 3 heteroatoms. The van der Waals surface area contributed by atoms with Crippen molar-refractivity contribution in [2.24, 2.45) is 11.7 Å². The van der Waals surface area contributed by atoms with Gasteiger partial charge in [0.2, 0.25) is 5.91 Å². The van der Waals surface area contributed by atoms with Crippen LogP contribution in [0.25, 0.3) is 0 Å². The van der Waals surface area contributed by atoms with Gasteiger partial charge in [-0.1, -0.05) is 40.5 Å². The number of unbranched alkanes of at least 4 members (excludes halogenated alkanes) is 2. The molecule has 0 saturated carbocycles. The second-order valence-corrected chi connectivity index (χ2v) is 4.83. The van der Waals surface area contributed by atoms with Crippen LogP contribution in [-0.4, -0.2) is 29.9 Å². The van der Waals surface area contributed by atoms with E-state index in [0.717, 1.165) is 38.8 Å². The fourth-order valence-electron chi connectivity index (χ4n) is 2.04. The Labute approximate surface area is 100 Å². The lowest BCUT2D eigenvalue weighted by atomic mass is 10.0. The molecule has 0 aliphatic heterocycles. The topological polar surface area (TPSA) is 46.3 Å². The molecule has 0 rings (SSSR count). The fraction of sp³-hybridized carbons (Fsp3) is 0.923. The van der Waals surface area contributed by atoms with Crippen LogP contribution < -0.4 is 5.73 Å². The van der Waals surface area contributed by atoms with Crippen LogP contribution in [0.5, 0.6) is 0 Å². The number of rotatable bonds is 9. The van der Waals surface area contributed by atoms with Crippen molar-refractivity contribution >= 4 is 5.91 Å². The third-order valence-electron chi connectivity index (χ3n) is 2.91. The monoisotopic (exact) mass is 228 g/mol. The quantitative estimate of drug-likeness (QED) is 0.658. The molecular formula is C13H28N2O. The molecule has 1 unspecified atom stereocenters. The predicted octanol–water partition coefficient (Wildman–Crippen LogP) is 2.40. The third-order valence-corrected chi connectivity index (χ3v) is 2.91. The van der Waals surface area contributed by atoms with E-state index in [1.165, 1.54) is 0 Å². The molecule has 96 valence electrons. The van der Waals surface area contributed by atoms with Crippen molar-refractivity contribution in [1.29, 1.82) is 0 Å². The Morgan fingerprint density at radius 2 is 1.56 bits per heavy atom. The number of carbonyl (C=O) groups excluding carboxylic acids is 1. The Bertz CT molecular complexity index is 184. The second-order valence-electron chi connectivity index (χ2n) is 4.83. The highest BCUT2D eigenvalue weighted by molar-refractivity contribution is 5.80. The van der Waals surface area contributed by atoms with Crippen molar-refractivity contribution < 1.29 is 4.79 Å². The van der Waals surface area contributed by atoms with Gasteiger partial charge >= 0.3 is 0 Å². The van der Waals surface area contributed by atoms with Crippen molar-refractivity contribution in [3.63, 3.8) is 0 Å². The molecule has 0 radical (unpaired) electrons. The number of amides is 1. The van der Waals surface area contributed by atoms with Crippen LogP contribution in [0.2, 0.25) is 0 Å². The van der Waals surface area contributed by atoms with E-state index >= 15 is 0 Å². The van der Waals surface area contributed by atoms with E-state index in [1.54, 1.807) is 0 Å². The van der Waals surface area contributed by atoms with Crippen LogP contribution in [0.3, 0.4) is 0 Å². The summed E-state index contributed by atoms with van der Waals surface area (Å²) in [4.78, 5) is 13.8. The smallest absolute Gasteiger partial charge is 0.235 e. The van der Waals surface area contributed by atoms with Crippen molar-refractivity contribution in [1.82, 2.24) is 4.90 Å². The molecule has 0 saturated heterocycles. The van der Waals surface area contributed by atoms with Gasteiger partial charge in [-0.3, -0.25) is 9.69 Å². The minimum absolute atomic E-state index is 0.0990. The van der Waals surface area contributed by atoms with Crippen LogP contribution in [0, 0.1) is 5.92 Å². The Hall–Kier alpha value is -0.570. The molecule has 0 aliphatic carbocycles. The van der Waals surface area contributed by atoms with Gasteiger partial charge in [0.1, 0.15) is 0 Å². The molecule has 0 fully saturated rings. The van der Waals surface area contributed by atoms with E-state index in [9.17, 15) is 4.79 Å². The Balaban J connectivity index is 4.46. The first-order valence-corrected chi connectivity index (χ1v) is 6.57. The van der Waals surface area contributed by atoms with Crippen molar-refractivity contribution in [2.75, 3.05) is 13.1 Å². The molecule has 0 aliphatic rings. The van der Waals surface area contributed by atoms with Crippen LogP contribution in [0.4, 0.5) is 0 Å². The van der Waals surface area contributed by atoms with Crippen molar-refractivity contribution in [3.05, 3.63) is 0 Å². The van der Waals surface area contributed by atoms with E-state index in [0.29, 0.717) is 5.92 Å². The van der Waals surface area contributed by atoms with Gasteiger partial charge < -0.3 is 5.73 Å². The Kier molecular flexibility index (Phi) is 8.26. The van der Waals surface area contributed by atoms with Gasteiger partial charge in [-0.2, -0.15) is 0 Å². The van der Waals surface area contributed by atoms with E-state index in [-0.39, 0.29) is 11.9 Å². The predicted molar refractivity (Wildman–Crippen MR) is 69.2 cm³/mol. The Morgan fingerprint density at radius 3 is 1.81 bits per heavy atom. The fourth-order valence-corrected chi connectivity index (χ4v) is 2.04. The number of nitrogens with zero attached hydrogens (tertiary/aromatic N) is 1. The molecule has 3 nitrogen and oxygen atoms in total. The molecule has 0 aromatic carbocycles. The normalized spacial score (nSPS) is 13.4. The van der Waals surface area contributed by atoms with Gasteiger partial charge in [0.15, 0.2) is 0 Å². The zero-order valence-corrected chi connectivity index (χ0v) is 11.3. The third kappa shape index (κ3) is 5.50. The SMILES string of the molecule is CCCCN(CCCC)C(C(N)=O)C(C)C. The summed E-state index contributed by atoms with van der Waals surface area (Å²) in [5.41, 5.74) is 5.50. The standard InChI is InChI=1S/C13H28N2O/c1-5-7-9-15(10-8-6-2)12(11(3)4)13(14)16/h11-12H,5-10H2,1-4H3,(H2,14,16). The lowest BCUT2D eigenvalue weighted by Gasteiger charge is -2.32. The van der Waals surface area contributed by atoms with Gasteiger partial charge in [0.25, 0.3) is 0 Å². The molecule has 2 N–H and O–H groups in total. The van der Waals surface area contributed by atoms with E-state index in [1.807, 2.05) is 0 Å². The van der Waals surface area contributed by atoms with Crippen LogP contribution in [-0.2, 0) is 4.79 Å². The summed E-state index contributed by atoms with van der Waals surface area (Å²) in [6.07, 6.45) is 4.60. The molecule has 0 aromatic heterocycles. The number of hydrogen-bond donors (Lipinski definition) is 1. The van der Waals surface area contributed by atoms with Gasteiger partial charge in [-0.05, 0) is 31.8 Å². The van der Waals surface area contributed by atoms with E-state index < -0.39 is 0 Å². The lowest BCUT2D eigenvalue weighted by Crippen LogP contribution is -2.48. The summed E-state index contributed by atoms with van der Waals surface area (Å²) in [5.74, 6) is 0.119. The summed E-state index contributed by atoms with van der Waals surface area (Å²) in [7, 11) is 0. The first kappa shape index (κ1) is 15.4. The number of hydrogen-bond acceptors (Lipinski definition) is 2. The van der Waals surface area contributed by atoms with Gasteiger partial charge in [-0.15, -0.1) is 0 Å². The zero-order valence-electron chi connectivity index (χ0n) is 11.3. The number of carbonyl (C=O) groups is 1. The summed E-state index contributed by atoms with van der Waals surface area (Å²) >= 11 is 0. The number of nitrogens with two attached hydrogens (primary N) is 1. The van der Waals surface area contributed by atoms with Crippen molar-refractivity contribution in [2.45, 2.75) is 59.4 Å².